The van der Waals surface area contributed by atoms with Gasteiger partial charge in [-0.05, 0) is 41.5 Å². The number of hydrogen-bond acceptors (Lipinski definition) is 5. The third-order valence-corrected chi connectivity index (χ3v) is 5.41. The summed E-state index contributed by atoms with van der Waals surface area (Å²) < 4.78 is 27.6. The Hall–Kier alpha value is -2.84. The van der Waals surface area contributed by atoms with Crippen molar-refractivity contribution in [1.29, 1.82) is 0 Å². The SMILES string of the molecule is O=C1Cc2cc(S(=O)(=O)NCc3ccc4nccnc4c3)ccc2N1. The number of carbonyl (C=O) groups excluding carboxylic acids is 1. The number of nitrogens with one attached hydrogen (secondary N) is 2. The lowest BCUT2D eigenvalue weighted by Gasteiger charge is -2.09. The highest BCUT2D eigenvalue weighted by Crippen LogP contribution is 2.25. The van der Waals surface area contributed by atoms with Crippen LogP contribution in [0.25, 0.3) is 11.0 Å². The number of nitrogens with zero attached hydrogens (tertiary/aromatic N) is 2. The predicted octanol–water partition coefficient (Wildman–Crippen LogP) is 1.60. The molecule has 7 nitrogen and oxygen atoms in total. The molecule has 2 N–H and O–H groups in total. The summed E-state index contributed by atoms with van der Waals surface area (Å²) >= 11 is 0. The van der Waals surface area contributed by atoms with Crippen LogP contribution in [-0.4, -0.2) is 24.3 Å². The number of benzene rings is 2. The van der Waals surface area contributed by atoms with E-state index in [4.69, 9.17) is 0 Å². The lowest BCUT2D eigenvalue weighted by molar-refractivity contribution is -0.115. The Morgan fingerprint density at radius 3 is 2.68 bits per heavy atom. The number of fused-ring (bicyclic) bond motifs is 2. The lowest BCUT2D eigenvalue weighted by Crippen LogP contribution is -2.23. The average molecular weight is 354 g/mol. The second kappa shape index (κ2) is 5.91. The van der Waals surface area contributed by atoms with E-state index in [1.54, 1.807) is 30.6 Å². The van der Waals surface area contributed by atoms with E-state index in [1.165, 1.54) is 12.1 Å². The van der Waals surface area contributed by atoms with Gasteiger partial charge in [0.15, 0.2) is 0 Å². The van der Waals surface area contributed by atoms with Crippen molar-refractivity contribution in [1.82, 2.24) is 14.7 Å². The molecular weight excluding hydrogens is 340 g/mol. The molecule has 1 amide bonds. The molecule has 0 saturated heterocycles. The second-order valence-corrected chi connectivity index (χ2v) is 7.51. The van der Waals surface area contributed by atoms with Crippen LogP contribution in [0.4, 0.5) is 5.69 Å². The van der Waals surface area contributed by atoms with Crippen LogP contribution in [0.3, 0.4) is 0 Å². The molecule has 1 aliphatic rings. The van der Waals surface area contributed by atoms with Crippen LogP contribution in [0.2, 0.25) is 0 Å². The van der Waals surface area contributed by atoms with E-state index in [9.17, 15) is 13.2 Å². The molecule has 0 bridgehead atoms. The van der Waals surface area contributed by atoms with Gasteiger partial charge >= 0.3 is 0 Å². The minimum absolute atomic E-state index is 0.130. The summed E-state index contributed by atoms with van der Waals surface area (Å²) in [6.07, 6.45) is 3.40. The van der Waals surface area contributed by atoms with Gasteiger partial charge in [-0.15, -0.1) is 0 Å². The summed E-state index contributed by atoms with van der Waals surface area (Å²) in [5.41, 5.74) is 3.60. The maximum atomic E-state index is 12.5. The first kappa shape index (κ1) is 15.7. The predicted molar refractivity (Wildman–Crippen MR) is 92.3 cm³/mol. The molecule has 3 aromatic rings. The van der Waals surface area contributed by atoms with E-state index < -0.39 is 10.0 Å². The molecule has 0 radical (unpaired) electrons. The number of amides is 1. The van der Waals surface area contributed by atoms with Gasteiger partial charge in [-0.3, -0.25) is 14.8 Å². The first-order valence-corrected chi connectivity index (χ1v) is 9.12. The third kappa shape index (κ3) is 3.09. The van der Waals surface area contributed by atoms with Crippen LogP contribution in [-0.2, 0) is 27.8 Å². The van der Waals surface area contributed by atoms with Gasteiger partial charge in [-0.1, -0.05) is 6.07 Å². The summed E-state index contributed by atoms with van der Waals surface area (Å²) in [4.78, 5) is 19.9. The van der Waals surface area contributed by atoms with Gasteiger partial charge in [0.25, 0.3) is 0 Å². The Bertz CT molecular complexity index is 1100. The van der Waals surface area contributed by atoms with Crippen LogP contribution in [0, 0.1) is 0 Å². The smallest absolute Gasteiger partial charge is 0.240 e. The molecule has 1 aliphatic heterocycles. The molecule has 2 heterocycles. The van der Waals surface area contributed by atoms with E-state index in [0.717, 1.165) is 11.1 Å². The zero-order valence-electron chi connectivity index (χ0n) is 13.1. The molecule has 25 heavy (non-hydrogen) atoms. The quantitative estimate of drug-likeness (QED) is 0.741. The third-order valence-electron chi connectivity index (χ3n) is 4.01. The number of rotatable bonds is 4. The van der Waals surface area contributed by atoms with Gasteiger partial charge in [0.2, 0.25) is 15.9 Å². The summed E-state index contributed by atoms with van der Waals surface area (Å²) in [6, 6.07) is 10.0. The van der Waals surface area contributed by atoms with Crippen molar-refractivity contribution in [3.63, 3.8) is 0 Å². The van der Waals surface area contributed by atoms with Crippen LogP contribution in [0.15, 0.2) is 53.7 Å². The maximum absolute atomic E-state index is 12.5. The molecule has 0 unspecified atom stereocenters. The molecule has 126 valence electrons. The maximum Gasteiger partial charge on any atom is 0.240 e. The van der Waals surface area contributed by atoms with Crippen molar-refractivity contribution in [2.45, 2.75) is 17.9 Å². The number of aromatic nitrogens is 2. The fraction of sp³-hybridized carbons (Fsp3) is 0.118. The Morgan fingerprint density at radius 2 is 1.84 bits per heavy atom. The number of anilines is 1. The van der Waals surface area contributed by atoms with Gasteiger partial charge in [0.05, 0.1) is 22.3 Å². The fourth-order valence-corrected chi connectivity index (χ4v) is 3.82. The van der Waals surface area contributed by atoms with E-state index in [2.05, 4.69) is 20.0 Å². The minimum atomic E-state index is -3.68. The largest absolute Gasteiger partial charge is 0.326 e. The molecule has 0 fully saturated rings. The lowest BCUT2D eigenvalue weighted by atomic mass is 10.2. The summed E-state index contributed by atoms with van der Waals surface area (Å²) in [5.74, 6) is -0.130. The Labute approximate surface area is 144 Å². The highest BCUT2D eigenvalue weighted by molar-refractivity contribution is 7.89. The fourth-order valence-electron chi connectivity index (χ4n) is 2.75. The second-order valence-electron chi connectivity index (χ2n) is 5.75. The molecular formula is C17H14N4O3S. The number of carbonyl (C=O) groups is 1. The molecule has 0 saturated carbocycles. The van der Waals surface area contributed by atoms with Gasteiger partial charge in [-0.2, -0.15) is 0 Å². The summed E-state index contributed by atoms with van der Waals surface area (Å²) in [7, 11) is -3.68. The van der Waals surface area contributed by atoms with Crippen LogP contribution in [0.1, 0.15) is 11.1 Å². The van der Waals surface area contributed by atoms with Crippen LogP contribution in [0.5, 0.6) is 0 Å². The average Bonchev–Trinajstić information content (AvgIpc) is 2.99. The van der Waals surface area contributed by atoms with Gasteiger partial charge in [0, 0.05) is 24.6 Å². The van der Waals surface area contributed by atoms with Crippen molar-refractivity contribution in [2.75, 3.05) is 5.32 Å². The zero-order valence-corrected chi connectivity index (χ0v) is 13.9. The molecule has 2 aromatic carbocycles. The molecule has 4 rings (SSSR count). The van der Waals surface area contributed by atoms with Crippen molar-refractivity contribution in [3.8, 4) is 0 Å². The van der Waals surface area contributed by atoms with Gasteiger partial charge < -0.3 is 5.32 Å². The van der Waals surface area contributed by atoms with E-state index in [0.29, 0.717) is 16.8 Å². The number of hydrogen-bond donors (Lipinski definition) is 2. The molecule has 0 aliphatic carbocycles. The zero-order chi connectivity index (χ0) is 17.4. The van der Waals surface area contributed by atoms with Gasteiger partial charge in [-0.25, -0.2) is 13.1 Å². The molecule has 8 heteroatoms. The van der Waals surface area contributed by atoms with Crippen LogP contribution < -0.4 is 10.0 Å². The van der Waals surface area contributed by atoms with Crippen molar-refractivity contribution >= 4 is 32.7 Å². The number of sulfonamides is 1. The standard InChI is InChI=1S/C17H14N4O3S/c22-17-9-12-8-13(2-4-14(12)21-17)25(23,24)20-10-11-1-3-15-16(7-11)19-6-5-18-15/h1-8,20H,9-10H2,(H,21,22). The normalized spacial score (nSPS) is 13.7. The van der Waals surface area contributed by atoms with E-state index in [1.807, 2.05) is 6.07 Å². The Balaban J connectivity index is 1.55. The highest BCUT2D eigenvalue weighted by atomic mass is 32.2. The first-order chi connectivity index (χ1) is 12.0. The Morgan fingerprint density at radius 1 is 1.04 bits per heavy atom. The van der Waals surface area contributed by atoms with E-state index >= 15 is 0 Å². The Kier molecular flexibility index (Phi) is 3.70. The summed E-state index contributed by atoms with van der Waals surface area (Å²) in [6.45, 7) is 0.142. The summed E-state index contributed by atoms with van der Waals surface area (Å²) in [5, 5.41) is 2.68. The van der Waals surface area contributed by atoms with E-state index in [-0.39, 0.29) is 23.8 Å². The highest BCUT2D eigenvalue weighted by Gasteiger charge is 2.21. The molecule has 1 aromatic heterocycles. The van der Waals surface area contributed by atoms with Crippen LogP contribution >= 0.6 is 0 Å². The van der Waals surface area contributed by atoms with Crippen molar-refractivity contribution in [3.05, 3.63) is 59.9 Å². The van der Waals surface area contributed by atoms with Gasteiger partial charge in [0.1, 0.15) is 0 Å². The topological polar surface area (TPSA) is 101 Å². The first-order valence-electron chi connectivity index (χ1n) is 7.63. The van der Waals surface area contributed by atoms with Crippen molar-refractivity contribution in [2.24, 2.45) is 0 Å². The van der Waals surface area contributed by atoms with Crippen molar-refractivity contribution < 1.29 is 13.2 Å². The molecule has 0 atom stereocenters. The minimum Gasteiger partial charge on any atom is -0.326 e. The molecule has 0 spiro atoms. The monoisotopic (exact) mass is 354 g/mol.